The lowest BCUT2D eigenvalue weighted by molar-refractivity contribution is -0.136. The lowest BCUT2D eigenvalue weighted by atomic mass is 10.1. The van der Waals surface area contributed by atoms with E-state index in [-0.39, 0.29) is 5.69 Å². The van der Waals surface area contributed by atoms with Gasteiger partial charge in [-0.05, 0) is 42.0 Å². The molecular weight excluding hydrogens is 371 g/mol. The van der Waals surface area contributed by atoms with E-state index in [2.05, 4.69) is 5.32 Å². The molecule has 138 valence electrons. The first-order valence-electron chi connectivity index (χ1n) is 8.18. The van der Waals surface area contributed by atoms with Gasteiger partial charge in [-0.2, -0.15) is 13.2 Å². The smallest absolute Gasteiger partial charge is 0.321 e. The highest BCUT2D eigenvalue weighted by molar-refractivity contribution is 7.98. The van der Waals surface area contributed by atoms with Gasteiger partial charge in [-0.3, -0.25) is 4.79 Å². The van der Waals surface area contributed by atoms with E-state index >= 15 is 0 Å². The number of carbonyl (C=O) groups excluding carboxylic acids is 1. The van der Waals surface area contributed by atoms with E-state index in [1.807, 2.05) is 30.3 Å². The minimum absolute atomic E-state index is 0.251. The second kappa shape index (κ2) is 8.31. The molecule has 2 nitrogen and oxygen atoms in total. The number of thioether (sulfide) groups is 1. The second-order valence-electron chi connectivity index (χ2n) is 5.80. The van der Waals surface area contributed by atoms with Crippen LogP contribution in [0.25, 0.3) is 0 Å². The molecule has 0 radical (unpaired) electrons. The Kier molecular flexibility index (Phi) is 5.86. The van der Waals surface area contributed by atoms with Crippen molar-refractivity contribution in [3.63, 3.8) is 0 Å². The molecule has 0 heterocycles. The predicted molar refractivity (Wildman–Crippen MR) is 102 cm³/mol. The van der Waals surface area contributed by atoms with Gasteiger partial charge < -0.3 is 5.32 Å². The molecule has 0 atom stereocenters. The van der Waals surface area contributed by atoms with Crippen LogP contribution in [0.4, 0.5) is 18.9 Å². The molecule has 6 heteroatoms. The van der Waals surface area contributed by atoms with Crippen LogP contribution in [0.3, 0.4) is 0 Å². The average Bonchev–Trinajstić information content (AvgIpc) is 2.67. The number of para-hydroxylation sites is 1. The third kappa shape index (κ3) is 5.14. The van der Waals surface area contributed by atoms with E-state index in [4.69, 9.17) is 0 Å². The molecule has 3 aromatic rings. The van der Waals surface area contributed by atoms with Gasteiger partial charge in [0.05, 0.1) is 11.3 Å². The van der Waals surface area contributed by atoms with Gasteiger partial charge in [0.25, 0.3) is 5.91 Å². The maximum Gasteiger partial charge on any atom is 0.418 e. The van der Waals surface area contributed by atoms with E-state index in [9.17, 15) is 18.0 Å². The van der Waals surface area contributed by atoms with Crippen molar-refractivity contribution in [3.05, 3.63) is 95.6 Å². The van der Waals surface area contributed by atoms with Gasteiger partial charge in [-0.1, -0.05) is 42.5 Å². The molecule has 0 saturated heterocycles. The zero-order valence-electron chi connectivity index (χ0n) is 14.2. The molecule has 1 amide bonds. The Balaban J connectivity index is 1.66. The normalized spacial score (nSPS) is 11.2. The monoisotopic (exact) mass is 387 g/mol. The van der Waals surface area contributed by atoms with E-state index in [1.54, 1.807) is 36.0 Å². The van der Waals surface area contributed by atoms with Crippen molar-refractivity contribution >= 4 is 23.4 Å². The molecule has 3 aromatic carbocycles. The maximum atomic E-state index is 13.0. The highest BCUT2D eigenvalue weighted by atomic mass is 32.2. The molecule has 0 aromatic heterocycles. The molecule has 0 aliphatic carbocycles. The third-order valence-electron chi connectivity index (χ3n) is 3.85. The molecule has 1 N–H and O–H groups in total. The summed E-state index contributed by atoms with van der Waals surface area (Å²) in [6.07, 6.45) is -4.53. The van der Waals surface area contributed by atoms with Crippen molar-refractivity contribution in [2.45, 2.75) is 16.8 Å². The molecular formula is C21H16F3NOS. The fourth-order valence-electron chi connectivity index (χ4n) is 2.47. The van der Waals surface area contributed by atoms with E-state index in [0.717, 1.165) is 22.3 Å². The third-order valence-corrected chi connectivity index (χ3v) is 4.93. The van der Waals surface area contributed by atoms with Crippen LogP contribution in [0.1, 0.15) is 21.5 Å². The number of anilines is 1. The molecule has 0 spiro atoms. The second-order valence-corrected chi connectivity index (χ2v) is 6.84. The van der Waals surface area contributed by atoms with Gasteiger partial charge >= 0.3 is 6.18 Å². The molecule has 0 bridgehead atoms. The standard InChI is InChI=1S/C21H16F3NOS/c22-21(23,24)18-8-4-5-9-19(18)25-20(26)16-12-10-15(11-13-16)14-27-17-6-2-1-3-7-17/h1-13H,14H2,(H,25,26). The summed E-state index contributed by atoms with van der Waals surface area (Å²) in [4.78, 5) is 13.4. The Hall–Kier alpha value is -2.73. The van der Waals surface area contributed by atoms with Gasteiger partial charge in [0.1, 0.15) is 0 Å². The Morgan fingerprint density at radius 2 is 1.48 bits per heavy atom. The first-order chi connectivity index (χ1) is 12.9. The van der Waals surface area contributed by atoms with Crippen LogP contribution in [0, 0.1) is 0 Å². The summed E-state index contributed by atoms with van der Waals surface area (Å²) in [6.45, 7) is 0. The number of carbonyl (C=O) groups is 1. The zero-order chi connectivity index (χ0) is 19.3. The SMILES string of the molecule is O=C(Nc1ccccc1C(F)(F)F)c1ccc(CSc2ccccc2)cc1. The number of hydrogen-bond donors (Lipinski definition) is 1. The fourth-order valence-corrected chi connectivity index (χ4v) is 3.34. The first kappa shape index (κ1) is 19.0. The first-order valence-corrected chi connectivity index (χ1v) is 9.16. The lowest BCUT2D eigenvalue weighted by Crippen LogP contribution is -2.16. The van der Waals surface area contributed by atoms with Crippen LogP contribution in [-0.2, 0) is 11.9 Å². The van der Waals surface area contributed by atoms with Gasteiger partial charge in [-0.15, -0.1) is 11.8 Å². The number of benzene rings is 3. The number of halogens is 3. The van der Waals surface area contributed by atoms with E-state index in [0.29, 0.717) is 5.56 Å². The van der Waals surface area contributed by atoms with Crippen molar-refractivity contribution in [1.29, 1.82) is 0 Å². The largest absolute Gasteiger partial charge is 0.418 e. The minimum Gasteiger partial charge on any atom is -0.321 e. The molecule has 0 fully saturated rings. The Bertz CT molecular complexity index is 909. The van der Waals surface area contributed by atoms with Gasteiger partial charge in [0.15, 0.2) is 0 Å². The van der Waals surface area contributed by atoms with Crippen LogP contribution < -0.4 is 5.32 Å². The van der Waals surface area contributed by atoms with E-state index < -0.39 is 17.6 Å². The lowest BCUT2D eigenvalue weighted by Gasteiger charge is -2.13. The zero-order valence-corrected chi connectivity index (χ0v) is 15.0. The van der Waals surface area contributed by atoms with Gasteiger partial charge in [-0.25, -0.2) is 0 Å². The highest BCUT2D eigenvalue weighted by Gasteiger charge is 2.33. The van der Waals surface area contributed by atoms with Crippen LogP contribution in [0.2, 0.25) is 0 Å². The fraction of sp³-hybridized carbons (Fsp3) is 0.0952. The summed E-state index contributed by atoms with van der Waals surface area (Å²) in [7, 11) is 0. The number of nitrogens with one attached hydrogen (secondary N) is 1. The summed E-state index contributed by atoms with van der Waals surface area (Å²) >= 11 is 1.67. The topological polar surface area (TPSA) is 29.1 Å². The number of amides is 1. The Labute approximate surface area is 159 Å². The predicted octanol–water partition coefficient (Wildman–Crippen LogP) is 6.25. The molecule has 0 aliphatic rings. The van der Waals surface area contributed by atoms with Gasteiger partial charge in [0, 0.05) is 16.2 Å². The summed E-state index contributed by atoms with van der Waals surface area (Å²) in [5.41, 5.74) is 0.212. The van der Waals surface area contributed by atoms with E-state index in [1.165, 1.54) is 18.2 Å². The molecule has 0 saturated carbocycles. The molecule has 27 heavy (non-hydrogen) atoms. The number of hydrogen-bond acceptors (Lipinski definition) is 2. The van der Waals surface area contributed by atoms with Crippen molar-refractivity contribution in [2.24, 2.45) is 0 Å². The minimum atomic E-state index is -4.53. The quantitative estimate of drug-likeness (QED) is 0.524. The summed E-state index contributed by atoms with van der Waals surface area (Å²) < 4.78 is 39.1. The Morgan fingerprint density at radius 1 is 0.852 bits per heavy atom. The Morgan fingerprint density at radius 3 is 2.15 bits per heavy atom. The average molecular weight is 387 g/mol. The summed E-state index contributed by atoms with van der Waals surface area (Å²) in [6, 6.07) is 21.7. The van der Waals surface area contributed by atoms with Crippen LogP contribution in [0.15, 0.2) is 83.8 Å². The number of rotatable bonds is 5. The molecule has 3 rings (SSSR count). The highest BCUT2D eigenvalue weighted by Crippen LogP contribution is 2.34. The summed E-state index contributed by atoms with van der Waals surface area (Å²) in [5.74, 6) is 0.164. The molecule has 0 unspecified atom stereocenters. The van der Waals surface area contributed by atoms with Gasteiger partial charge in [0.2, 0.25) is 0 Å². The van der Waals surface area contributed by atoms with Crippen molar-refractivity contribution in [1.82, 2.24) is 0 Å². The van der Waals surface area contributed by atoms with Crippen LogP contribution in [-0.4, -0.2) is 5.91 Å². The van der Waals surface area contributed by atoms with Crippen LogP contribution in [0.5, 0.6) is 0 Å². The van der Waals surface area contributed by atoms with Crippen molar-refractivity contribution in [3.8, 4) is 0 Å². The van der Waals surface area contributed by atoms with Crippen molar-refractivity contribution in [2.75, 3.05) is 5.32 Å². The van der Waals surface area contributed by atoms with Crippen LogP contribution >= 0.6 is 11.8 Å². The maximum absolute atomic E-state index is 13.0. The number of alkyl halides is 3. The van der Waals surface area contributed by atoms with Crippen molar-refractivity contribution < 1.29 is 18.0 Å². The summed E-state index contributed by atoms with van der Waals surface area (Å²) in [5, 5.41) is 2.35. The molecule has 0 aliphatic heterocycles.